The third kappa shape index (κ3) is 3.98. The number of amides is 1. The molecule has 0 aliphatic heterocycles. The van der Waals surface area contributed by atoms with Gasteiger partial charge in [-0.2, -0.15) is 0 Å². The van der Waals surface area contributed by atoms with E-state index in [1.807, 2.05) is 29.8 Å². The molecular weight excluding hydrogens is 292 g/mol. The van der Waals surface area contributed by atoms with E-state index in [9.17, 15) is 4.79 Å². The number of hydrogen-bond donors (Lipinski definition) is 1. The molecule has 0 unspecified atom stereocenters. The molecular formula is C14H16N2O2S2. The van der Waals surface area contributed by atoms with Crippen LogP contribution in [0.25, 0.3) is 0 Å². The molecule has 0 aliphatic carbocycles. The van der Waals surface area contributed by atoms with E-state index in [-0.39, 0.29) is 5.91 Å². The average Bonchev–Trinajstić information content (AvgIpc) is 2.99. The first-order chi connectivity index (χ1) is 9.72. The van der Waals surface area contributed by atoms with Crippen molar-refractivity contribution in [3.05, 3.63) is 34.8 Å². The number of carbonyl (C=O) groups excluding carboxylic acids is 1. The Bertz CT molecular complexity index is 571. The van der Waals surface area contributed by atoms with Crippen molar-refractivity contribution in [3.8, 4) is 5.75 Å². The van der Waals surface area contributed by atoms with Gasteiger partial charge in [0.15, 0.2) is 0 Å². The van der Waals surface area contributed by atoms with E-state index in [2.05, 4.69) is 10.3 Å². The maximum atomic E-state index is 11.9. The number of hydrogen-bond acceptors (Lipinski definition) is 5. The zero-order valence-corrected chi connectivity index (χ0v) is 13.0. The van der Waals surface area contributed by atoms with E-state index in [4.69, 9.17) is 4.74 Å². The van der Waals surface area contributed by atoms with Crippen LogP contribution in [-0.2, 0) is 11.2 Å². The molecule has 20 heavy (non-hydrogen) atoms. The first-order valence-corrected chi connectivity index (χ1v) is 8.28. The van der Waals surface area contributed by atoms with Crippen LogP contribution in [0.2, 0.25) is 0 Å². The van der Waals surface area contributed by atoms with Gasteiger partial charge in [0.05, 0.1) is 24.0 Å². The number of rotatable bonds is 6. The molecule has 4 nitrogen and oxygen atoms in total. The van der Waals surface area contributed by atoms with Crippen molar-refractivity contribution < 1.29 is 9.53 Å². The van der Waals surface area contributed by atoms with Gasteiger partial charge >= 0.3 is 0 Å². The van der Waals surface area contributed by atoms with Gasteiger partial charge in [-0.1, -0.05) is 0 Å². The lowest BCUT2D eigenvalue weighted by molar-refractivity contribution is -0.116. The first-order valence-electron chi connectivity index (χ1n) is 6.12. The second-order valence-corrected chi connectivity index (χ2v) is 5.69. The minimum absolute atomic E-state index is 0.0341. The SMILES string of the molecule is COc1cc(SC)ccc1NC(=O)CCc1cscn1. The topological polar surface area (TPSA) is 51.2 Å². The molecule has 0 saturated heterocycles. The fraction of sp³-hybridized carbons (Fsp3) is 0.286. The van der Waals surface area contributed by atoms with Crippen molar-refractivity contribution in [2.24, 2.45) is 0 Å². The molecule has 0 radical (unpaired) electrons. The van der Waals surface area contributed by atoms with Crippen LogP contribution in [-0.4, -0.2) is 24.3 Å². The van der Waals surface area contributed by atoms with Gasteiger partial charge in [0.2, 0.25) is 5.91 Å². The zero-order chi connectivity index (χ0) is 14.4. The Kier molecular flexibility index (Phi) is 5.43. The minimum atomic E-state index is -0.0341. The predicted molar refractivity (Wildman–Crippen MR) is 83.8 cm³/mol. The number of thiazole rings is 1. The average molecular weight is 308 g/mol. The van der Waals surface area contributed by atoms with Gasteiger partial charge in [-0.05, 0) is 30.9 Å². The Balaban J connectivity index is 1.96. The van der Waals surface area contributed by atoms with Gasteiger partial charge < -0.3 is 10.1 Å². The van der Waals surface area contributed by atoms with Gasteiger partial charge in [-0.3, -0.25) is 4.79 Å². The Morgan fingerprint density at radius 1 is 1.50 bits per heavy atom. The summed E-state index contributed by atoms with van der Waals surface area (Å²) in [4.78, 5) is 17.2. The summed E-state index contributed by atoms with van der Waals surface area (Å²) in [6.45, 7) is 0. The lowest BCUT2D eigenvalue weighted by Crippen LogP contribution is -2.13. The molecule has 2 rings (SSSR count). The molecule has 0 fully saturated rings. The standard InChI is InChI=1S/C14H16N2O2S2/c1-18-13-7-11(19-2)4-5-12(13)16-14(17)6-3-10-8-20-9-15-10/h4-5,7-9H,3,6H2,1-2H3,(H,16,17). The molecule has 0 bridgehead atoms. The van der Waals surface area contributed by atoms with Crippen LogP contribution in [0.4, 0.5) is 5.69 Å². The highest BCUT2D eigenvalue weighted by molar-refractivity contribution is 7.98. The lowest BCUT2D eigenvalue weighted by Gasteiger charge is -2.11. The summed E-state index contributed by atoms with van der Waals surface area (Å²) < 4.78 is 5.30. The van der Waals surface area contributed by atoms with Gasteiger partial charge in [-0.25, -0.2) is 4.98 Å². The highest BCUT2D eigenvalue weighted by Crippen LogP contribution is 2.29. The second kappa shape index (κ2) is 7.31. The number of ether oxygens (including phenoxy) is 1. The Hall–Kier alpha value is -1.53. The van der Waals surface area contributed by atoms with Crippen LogP contribution in [0.1, 0.15) is 12.1 Å². The number of aromatic nitrogens is 1. The molecule has 1 N–H and O–H groups in total. The van der Waals surface area contributed by atoms with Gasteiger partial charge in [0.1, 0.15) is 5.75 Å². The van der Waals surface area contributed by atoms with Crippen LogP contribution in [0, 0.1) is 0 Å². The molecule has 1 amide bonds. The number of thioether (sulfide) groups is 1. The molecule has 1 aromatic carbocycles. The molecule has 106 valence electrons. The molecule has 1 aromatic heterocycles. The van der Waals surface area contributed by atoms with Crippen molar-refractivity contribution >= 4 is 34.7 Å². The summed E-state index contributed by atoms with van der Waals surface area (Å²) in [6.07, 6.45) is 3.07. The summed E-state index contributed by atoms with van der Waals surface area (Å²) >= 11 is 3.17. The van der Waals surface area contributed by atoms with Crippen molar-refractivity contribution in [1.29, 1.82) is 0 Å². The summed E-state index contributed by atoms with van der Waals surface area (Å²) in [5, 5.41) is 4.84. The van der Waals surface area contributed by atoms with Gasteiger partial charge in [0.25, 0.3) is 0 Å². The quantitative estimate of drug-likeness (QED) is 0.831. The van der Waals surface area contributed by atoms with E-state index in [0.29, 0.717) is 24.3 Å². The first kappa shape index (κ1) is 14.9. The van der Waals surface area contributed by atoms with Crippen molar-refractivity contribution in [1.82, 2.24) is 4.98 Å². The van der Waals surface area contributed by atoms with Crippen molar-refractivity contribution in [2.45, 2.75) is 17.7 Å². The van der Waals surface area contributed by atoms with Crippen LogP contribution in [0.5, 0.6) is 5.75 Å². The Morgan fingerprint density at radius 3 is 3.00 bits per heavy atom. The number of aryl methyl sites for hydroxylation is 1. The molecule has 0 saturated carbocycles. The monoisotopic (exact) mass is 308 g/mol. The minimum Gasteiger partial charge on any atom is -0.495 e. The van der Waals surface area contributed by atoms with Crippen molar-refractivity contribution in [2.75, 3.05) is 18.7 Å². The van der Waals surface area contributed by atoms with Crippen LogP contribution in [0.15, 0.2) is 34.0 Å². The largest absolute Gasteiger partial charge is 0.495 e. The van der Waals surface area contributed by atoms with E-state index in [1.165, 1.54) is 0 Å². The van der Waals surface area contributed by atoms with Crippen molar-refractivity contribution in [3.63, 3.8) is 0 Å². The summed E-state index contributed by atoms with van der Waals surface area (Å²) in [5.41, 5.74) is 3.43. The normalized spacial score (nSPS) is 10.3. The summed E-state index contributed by atoms with van der Waals surface area (Å²) in [7, 11) is 1.60. The highest BCUT2D eigenvalue weighted by atomic mass is 32.2. The van der Waals surface area contributed by atoms with Crippen LogP contribution >= 0.6 is 23.1 Å². The zero-order valence-electron chi connectivity index (χ0n) is 11.4. The fourth-order valence-electron chi connectivity index (χ4n) is 1.72. The molecule has 6 heteroatoms. The van der Waals surface area contributed by atoms with E-state index in [0.717, 1.165) is 10.6 Å². The molecule has 2 aromatic rings. The number of anilines is 1. The molecule has 0 aliphatic rings. The summed E-state index contributed by atoms with van der Waals surface area (Å²) in [5.74, 6) is 0.645. The van der Waals surface area contributed by atoms with Gasteiger partial charge in [0, 0.05) is 16.7 Å². The fourth-order valence-corrected chi connectivity index (χ4v) is 2.74. The van der Waals surface area contributed by atoms with E-state index in [1.54, 1.807) is 35.7 Å². The maximum absolute atomic E-state index is 11.9. The summed E-state index contributed by atoms with van der Waals surface area (Å²) in [6, 6.07) is 5.75. The smallest absolute Gasteiger partial charge is 0.224 e. The van der Waals surface area contributed by atoms with Crippen LogP contribution in [0.3, 0.4) is 0 Å². The second-order valence-electron chi connectivity index (χ2n) is 4.09. The third-order valence-electron chi connectivity index (χ3n) is 2.77. The Labute approximate surface area is 126 Å². The van der Waals surface area contributed by atoms with Crippen LogP contribution < -0.4 is 10.1 Å². The number of carbonyl (C=O) groups is 1. The number of nitrogens with zero attached hydrogens (tertiary/aromatic N) is 1. The Morgan fingerprint density at radius 2 is 2.35 bits per heavy atom. The number of benzene rings is 1. The third-order valence-corrected chi connectivity index (χ3v) is 4.14. The predicted octanol–water partition coefficient (Wildman–Crippen LogP) is 3.44. The molecule has 0 spiro atoms. The highest BCUT2D eigenvalue weighted by Gasteiger charge is 2.09. The number of nitrogens with one attached hydrogen (secondary N) is 1. The van der Waals surface area contributed by atoms with E-state index < -0.39 is 0 Å². The van der Waals surface area contributed by atoms with Gasteiger partial charge in [-0.15, -0.1) is 23.1 Å². The molecule has 1 heterocycles. The molecule has 0 atom stereocenters. The lowest BCUT2D eigenvalue weighted by atomic mass is 10.2. The maximum Gasteiger partial charge on any atom is 0.224 e. The van der Waals surface area contributed by atoms with E-state index >= 15 is 0 Å². The number of methoxy groups -OCH3 is 1.